The van der Waals surface area contributed by atoms with Gasteiger partial charge in [-0.25, -0.2) is 0 Å². The summed E-state index contributed by atoms with van der Waals surface area (Å²) in [6, 6.07) is 19.0. The van der Waals surface area contributed by atoms with Crippen LogP contribution in [0.25, 0.3) is 0 Å². The Balaban J connectivity index is 1.80. The van der Waals surface area contributed by atoms with Gasteiger partial charge in [0.25, 0.3) is 0 Å². The van der Waals surface area contributed by atoms with E-state index in [0.717, 1.165) is 23.7 Å². The van der Waals surface area contributed by atoms with Gasteiger partial charge < -0.3 is 5.32 Å². The number of benzene rings is 2. The van der Waals surface area contributed by atoms with Crippen molar-refractivity contribution in [2.75, 3.05) is 12.3 Å². The second-order valence-corrected chi connectivity index (χ2v) is 6.24. The maximum absolute atomic E-state index is 6.06. The van der Waals surface area contributed by atoms with Crippen LogP contribution in [0, 0.1) is 0 Å². The number of thioether (sulfide) groups is 1. The van der Waals surface area contributed by atoms with Crippen LogP contribution in [0.3, 0.4) is 0 Å². The summed E-state index contributed by atoms with van der Waals surface area (Å²) >= 11 is 7.94. The van der Waals surface area contributed by atoms with E-state index >= 15 is 0 Å². The first-order chi connectivity index (χ1) is 9.79. The summed E-state index contributed by atoms with van der Waals surface area (Å²) in [6.45, 7) is 3.19. The molecule has 0 aliphatic carbocycles. The Hall–Kier alpha value is -0.960. The van der Waals surface area contributed by atoms with Crippen LogP contribution in [-0.2, 0) is 0 Å². The molecule has 0 bridgehead atoms. The topological polar surface area (TPSA) is 12.0 Å². The third-order valence-electron chi connectivity index (χ3n) is 3.16. The Morgan fingerprint density at radius 3 is 2.60 bits per heavy atom. The van der Waals surface area contributed by atoms with Gasteiger partial charge in [0.15, 0.2) is 0 Å². The van der Waals surface area contributed by atoms with Gasteiger partial charge in [0.1, 0.15) is 0 Å². The highest BCUT2D eigenvalue weighted by Gasteiger charge is 2.08. The van der Waals surface area contributed by atoms with Crippen LogP contribution in [-0.4, -0.2) is 12.3 Å². The fraction of sp³-hybridized carbons (Fsp3) is 0.294. The Morgan fingerprint density at radius 2 is 1.90 bits per heavy atom. The summed E-state index contributed by atoms with van der Waals surface area (Å²) in [5.41, 5.74) is 1.27. The van der Waals surface area contributed by atoms with Crippen molar-refractivity contribution < 1.29 is 0 Å². The van der Waals surface area contributed by atoms with Crippen molar-refractivity contribution in [3.63, 3.8) is 0 Å². The average molecular weight is 306 g/mol. The van der Waals surface area contributed by atoms with Crippen molar-refractivity contribution in [3.8, 4) is 0 Å². The van der Waals surface area contributed by atoms with Crippen LogP contribution in [0.4, 0.5) is 0 Å². The van der Waals surface area contributed by atoms with Crippen LogP contribution in [0.15, 0.2) is 59.5 Å². The molecule has 1 atom stereocenters. The molecule has 2 aromatic rings. The van der Waals surface area contributed by atoms with E-state index in [4.69, 9.17) is 11.6 Å². The first-order valence-electron chi connectivity index (χ1n) is 6.96. The van der Waals surface area contributed by atoms with Crippen molar-refractivity contribution in [3.05, 3.63) is 65.2 Å². The lowest BCUT2D eigenvalue weighted by Crippen LogP contribution is -2.23. The normalized spacial score (nSPS) is 12.3. The van der Waals surface area contributed by atoms with Crippen LogP contribution in [0.2, 0.25) is 5.02 Å². The summed E-state index contributed by atoms with van der Waals surface area (Å²) < 4.78 is 0. The third kappa shape index (κ3) is 4.86. The number of hydrogen-bond acceptors (Lipinski definition) is 2. The predicted molar refractivity (Wildman–Crippen MR) is 89.7 cm³/mol. The van der Waals surface area contributed by atoms with E-state index in [2.05, 4.69) is 48.6 Å². The zero-order valence-electron chi connectivity index (χ0n) is 11.7. The minimum absolute atomic E-state index is 0.380. The van der Waals surface area contributed by atoms with Gasteiger partial charge in [0.05, 0.1) is 0 Å². The van der Waals surface area contributed by atoms with E-state index in [0.29, 0.717) is 6.04 Å². The molecule has 2 rings (SSSR count). The van der Waals surface area contributed by atoms with Crippen LogP contribution < -0.4 is 5.32 Å². The summed E-state index contributed by atoms with van der Waals surface area (Å²) in [6.07, 6.45) is 1.07. The summed E-state index contributed by atoms with van der Waals surface area (Å²) in [4.78, 5) is 1.32. The Morgan fingerprint density at radius 1 is 1.10 bits per heavy atom. The first kappa shape index (κ1) is 15.4. The molecule has 0 fully saturated rings. The second kappa shape index (κ2) is 8.35. The van der Waals surface area contributed by atoms with E-state index < -0.39 is 0 Å². The van der Waals surface area contributed by atoms with E-state index in [1.54, 1.807) is 0 Å². The lowest BCUT2D eigenvalue weighted by Gasteiger charge is -2.17. The standard InChI is InChI=1S/C17H20ClNS/c1-2-17(14-7-6-8-15(18)13-14)19-11-12-20-16-9-4-3-5-10-16/h3-10,13,17,19H,2,11-12H2,1H3. The Kier molecular flexibility index (Phi) is 6.44. The van der Waals surface area contributed by atoms with Gasteiger partial charge in [0, 0.05) is 28.3 Å². The van der Waals surface area contributed by atoms with Crippen LogP contribution in [0.1, 0.15) is 24.9 Å². The zero-order chi connectivity index (χ0) is 14.2. The van der Waals surface area contributed by atoms with Gasteiger partial charge in [-0.15, -0.1) is 11.8 Å². The summed E-state index contributed by atoms with van der Waals surface area (Å²) in [5.74, 6) is 1.07. The van der Waals surface area contributed by atoms with Crippen molar-refractivity contribution in [1.29, 1.82) is 0 Å². The second-order valence-electron chi connectivity index (χ2n) is 4.63. The molecule has 0 aliphatic heterocycles. The van der Waals surface area contributed by atoms with Crippen molar-refractivity contribution >= 4 is 23.4 Å². The molecule has 0 heterocycles. The lowest BCUT2D eigenvalue weighted by molar-refractivity contribution is 0.540. The summed E-state index contributed by atoms with van der Waals surface area (Å²) in [5, 5.41) is 4.41. The van der Waals surface area contributed by atoms with Crippen molar-refractivity contribution in [2.45, 2.75) is 24.3 Å². The zero-order valence-corrected chi connectivity index (χ0v) is 13.3. The molecule has 0 spiro atoms. The highest BCUT2D eigenvalue weighted by atomic mass is 35.5. The van der Waals surface area contributed by atoms with E-state index in [9.17, 15) is 0 Å². The number of nitrogens with one attached hydrogen (secondary N) is 1. The molecule has 20 heavy (non-hydrogen) atoms. The predicted octanol–water partition coefficient (Wildman–Crippen LogP) is 5.17. The maximum atomic E-state index is 6.06. The SMILES string of the molecule is CCC(NCCSc1ccccc1)c1cccc(Cl)c1. The quantitative estimate of drug-likeness (QED) is 0.559. The molecule has 1 unspecified atom stereocenters. The fourth-order valence-corrected chi connectivity index (χ4v) is 3.14. The van der Waals surface area contributed by atoms with Crippen LogP contribution >= 0.6 is 23.4 Å². The molecule has 106 valence electrons. The fourth-order valence-electron chi connectivity index (χ4n) is 2.14. The van der Waals surface area contributed by atoms with Crippen molar-refractivity contribution in [2.24, 2.45) is 0 Å². The number of hydrogen-bond donors (Lipinski definition) is 1. The minimum atomic E-state index is 0.380. The van der Waals surface area contributed by atoms with Gasteiger partial charge in [-0.1, -0.05) is 48.9 Å². The first-order valence-corrected chi connectivity index (χ1v) is 8.32. The molecule has 0 radical (unpaired) electrons. The highest BCUT2D eigenvalue weighted by molar-refractivity contribution is 7.99. The monoisotopic (exact) mass is 305 g/mol. The number of halogens is 1. The molecule has 2 aromatic carbocycles. The van der Waals surface area contributed by atoms with Crippen molar-refractivity contribution in [1.82, 2.24) is 5.32 Å². The smallest absolute Gasteiger partial charge is 0.0409 e. The molecule has 3 heteroatoms. The molecule has 0 amide bonds. The molecule has 0 saturated carbocycles. The average Bonchev–Trinajstić information content (AvgIpc) is 2.48. The van der Waals surface area contributed by atoms with Gasteiger partial charge in [0.2, 0.25) is 0 Å². The molecular weight excluding hydrogens is 286 g/mol. The summed E-state index contributed by atoms with van der Waals surface area (Å²) in [7, 11) is 0. The molecule has 0 saturated heterocycles. The van der Waals surface area contributed by atoms with E-state index in [1.807, 2.05) is 30.0 Å². The Bertz CT molecular complexity index is 515. The Labute approximate surface area is 130 Å². The van der Waals surface area contributed by atoms with E-state index in [-0.39, 0.29) is 0 Å². The van der Waals surface area contributed by atoms with Gasteiger partial charge in [-0.05, 0) is 36.2 Å². The molecule has 0 aromatic heterocycles. The molecule has 1 nitrogen and oxygen atoms in total. The molecule has 0 aliphatic rings. The lowest BCUT2D eigenvalue weighted by atomic mass is 10.0. The van der Waals surface area contributed by atoms with Gasteiger partial charge in [-0.2, -0.15) is 0 Å². The molecule has 1 N–H and O–H groups in total. The maximum Gasteiger partial charge on any atom is 0.0409 e. The third-order valence-corrected chi connectivity index (χ3v) is 4.41. The minimum Gasteiger partial charge on any atom is -0.309 e. The van der Waals surface area contributed by atoms with Gasteiger partial charge >= 0.3 is 0 Å². The highest BCUT2D eigenvalue weighted by Crippen LogP contribution is 2.21. The largest absolute Gasteiger partial charge is 0.309 e. The number of rotatable bonds is 7. The van der Waals surface area contributed by atoms with Gasteiger partial charge in [-0.3, -0.25) is 0 Å². The molecular formula is C17H20ClNS. The van der Waals surface area contributed by atoms with E-state index in [1.165, 1.54) is 10.5 Å². The van der Waals surface area contributed by atoms with Crippen LogP contribution in [0.5, 0.6) is 0 Å².